The number of anilines is 1. The van der Waals surface area contributed by atoms with Crippen molar-refractivity contribution in [1.29, 1.82) is 0 Å². The Morgan fingerprint density at radius 1 is 1.21 bits per heavy atom. The van der Waals surface area contributed by atoms with Crippen LogP contribution in [-0.2, 0) is 10.0 Å². The highest BCUT2D eigenvalue weighted by Gasteiger charge is 2.36. The molecule has 1 N–H and O–H groups in total. The smallest absolute Gasteiger partial charge is 0.310 e. The van der Waals surface area contributed by atoms with Gasteiger partial charge in [-0.1, -0.05) is 12.1 Å². The molecule has 4 rings (SSSR count). The van der Waals surface area contributed by atoms with Gasteiger partial charge in [0, 0.05) is 12.1 Å². The Morgan fingerprint density at radius 2 is 1.97 bits per heavy atom. The summed E-state index contributed by atoms with van der Waals surface area (Å²) in [6.45, 7) is 0. The molecule has 0 saturated carbocycles. The zero-order valence-electron chi connectivity index (χ0n) is 15.2. The van der Waals surface area contributed by atoms with Crippen LogP contribution in [0.1, 0.15) is 34.3 Å². The van der Waals surface area contributed by atoms with Crippen LogP contribution < -0.4 is 4.72 Å². The summed E-state index contributed by atoms with van der Waals surface area (Å²) >= 11 is 3.20. The van der Waals surface area contributed by atoms with Gasteiger partial charge in [-0.25, -0.2) is 13.4 Å². The second-order valence-electron chi connectivity index (χ2n) is 6.49. The largest absolute Gasteiger partial charge is 0.467 e. The minimum absolute atomic E-state index is 0.158. The number of hydrazone groups is 1. The summed E-state index contributed by atoms with van der Waals surface area (Å²) < 4.78 is 36.5. The number of halogens is 1. The molecule has 0 aliphatic carbocycles. The van der Waals surface area contributed by atoms with E-state index >= 15 is 0 Å². The molecular formula is C19H16BrN3O5S. The average Bonchev–Trinajstić information content (AvgIpc) is 3.40. The second-order valence-corrected chi connectivity index (χ2v) is 9.02. The summed E-state index contributed by atoms with van der Waals surface area (Å²) in [7, 11) is -3.36. The summed E-state index contributed by atoms with van der Waals surface area (Å²) in [4.78, 5) is 12.9. The molecule has 0 bridgehead atoms. The zero-order chi connectivity index (χ0) is 20.6. The first-order valence-electron chi connectivity index (χ1n) is 8.58. The van der Waals surface area contributed by atoms with Gasteiger partial charge in [0.2, 0.25) is 10.0 Å². The molecule has 29 heavy (non-hydrogen) atoms. The summed E-state index contributed by atoms with van der Waals surface area (Å²) in [5, 5.41) is 5.86. The Bertz CT molecular complexity index is 1170. The number of nitrogens with one attached hydrogen (secondary N) is 1. The number of hydrogen-bond acceptors (Lipinski definition) is 6. The molecule has 8 nitrogen and oxygen atoms in total. The normalized spacial score (nSPS) is 16.7. The van der Waals surface area contributed by atoms with E-state index in [-0.39, 0.29) is 11.7 Å². The third-order valence-corrected chi connectivity index (χ3v) is 5.33. The van der Waals surface area contributed by atoms with E-state index in [4.69, 9.17) is 8.83 Å². The number of sulfonamides is 1. The fourth-order valence-corrected chi connectivity index (χ4v) is 3.93. The van der Waals surface area contributed by atoms with Crippen LogP contribution >= 0.6 is 15.9 Å². The van der Waals surface area contributed by atoms with Crippen LogP contribution in [0.4, 0.5) is 5.69 Å². The van der Waals surface area contributed by atoms with Crippen molar-refractivity contribution in [3.05, 3.63) is 76.5 Å². The number of hydrogen-bond donors (Lipinski definition) is 1. The molecule has 1 aliphatic heterocycles. The monoisotopic (exact) mass is 477 g/mol. The summed E-state index contributed by atoms with van der Waals surface area (Å²) in [6, 6.07) is 13.2. The number of carbonyl (C=O) groups excluding carboxylic acids is 1. The van der Waals surface area contributed by atoms with Crippen molar-refractivity contribution in [2.24, 2.45) is 5.10 Å². The Morgan fingerprint density at radius 3 is 2.55 bits per heavy atom. The van der Waals surface area contributed by atoms with Crippen molar-refractivity contribution in [2.45, 2.75) is 12.5 Å². The van der Waals surface area contributed by atoms with Crippen LogP contribution in [0.15, 0.2) is 73.4 Å². The van der Waals surface area contributed by atoms with E-state index in [2.05, 4.69) is 25.8 Å². The molecule has 10 heteroatoms. The summed E-state index contributed by atoms with van der Waals surface area (Å²) in [5.41, 5.74) is 1.90. The van der Waals surface area contributed by atoms with Gasteiger partial charge < -0.3 is 8.83 Å². The van der Waals surface area contributed by atoms with Crippen molar-refractivity contribution in [3.8, 4) is 0 Å². The molecule has 3 heterocycles. The Labute approximate surface area is 175 Å². The Hall–Kier alpha value is -2.85. The first kappa shape index (κ1) is 19.5. The highest BCUT2D eigenvalue weighted by atomic mass is 79.9. The third kappa shape index (κ3) is 4.28. The molecule has 1 atom stereocenters. The maximum absolute atomic E-state index is 12.9. The average molecular weight is 478 g/mol. The predicted molar refractivity (Wildman–Crippen MR) is 110 cm³/mol. The molecule has 3 aromatic rings. The Balaban J connectivity index is 1.64. The van der Waals surface area contributed by atoms with Gasteiger partial charge in [0.25, 0.3) is 0 Å². The number of carbonyl (C=O) groups is 1. The van der Waals surface area contributed by atoms with E-state index < -0.39 is 16.1 Å². The zero-order valence-corrected chi connectivity index (χ0v) is 17.6. The molecular weight excluding hydrogens is 462 g/mol. The van der Waals surface area contributed by atoms with Crippen molar-refractivity contribution in [3.63, 3.8) is 0 Å². The molecule has 0 spiro atoms. The van der Waals surface area contributed by atoms with E-state index in [9.17, 15) is 13.2 Å². The fraction of sp³-hybridized carbons (Fsp3) is 0.158. The SMILES string of the molecule is CS(=O)(=O)Nc1ccc(C2=NN(C(=O)c3ccc(Br)o3)C(c3ccco3)C2)cc1. The minimum Gasteiger partial charge on any atom is -0.467 e. The van der Waals surface area contributed by atoms with Crippen molar-refractivity contribution >= 4 is 43.3 Å². The van der Waals surface area contributed by atoms with Gasteiger partial charge >= 0.3 is 5.91 Å². The van der Waals surface area contributed by atoms with Crippen LogP contribution in [0.2, 0.25) is 0 Å². The lowest BCUT2D eigenvalue weighted by molar-refractivity contribution is 0.0659. The molecule has 1 unspecified atom stereocenters. The van der Waals surface area contributed by atoms with Crippen molar-refractivity contribution in [1.82, 2.24) is 5.01 Å². The predicted octanol–water partition coefficient (Wildman–Crippen LogP) is 4.00. The van der Waals surface area contributed by atoms with Crippen LogP contribution in [0.5, 0.6) is 0 Å². The first-order chi connectivity index (χ1) is 13.8. The minimum atomic E-state index is -3.36. The molecule has 1 aromatic carbocycles. The molecule has 1 amide bonds. The van der Waals surface area contributed by atoms with Crippen LogP contribution in [0.3, 0.4) is 0 Å². The molecule has 150 valence electrons. The lowest BCUT2D eigenvalue weighted by atomic mass is 10.0. The van der Waals surface area contributed by atoms with Gasteiger partial charge in [-0.05, 0) is 57.9 Å². The second kappa shape index (κ2) is 7.53. The van der Waals surface area contributed by atoms with E-state index in [1.165, 1.54) is 5.01 Å². The Kier molecular flexibility index (Phi) is 5.05. The lowest BCUT2D eigenvalue weighted by Gasteiger charge is -2.18. The molecule has 0 radical (unpaired) electrons. The summed E-state index contributed by atoms with van der Waals surface area (Å²) in [6.07, 6.45) is 3.08. The van der Waals surface area contributed by atoms with Gasteiger partial charge in [-0.3, -0.25) is 9.52 Å². The van der Waals surface area contributed by atoms with E-state index in [0.717, 1.165) is 11.8 Å². The number of rotatable bonds is 5. The number of benzene rings is 1. The number of furan rings is 2. The lowest BCUT2D eigenvalue weighted by Crippen LogP contribution is -2.26. The van der Waals surface area contributed by atoms with E-state index in [0.29, 0.717) is 28.2 Å². The fourth-order valence-electron chi connectivity index (χ4n) is 3.06. The van der Waals surface area contributed by atoms with Gasteiger partial charge in [-0.15, -0.1) is 0 Å². The molecule has 0 saturated heterocycles. The maximum atomic E-state index is 12.9. The van der Waals surface area contributed by atoms with Gasteiger partial charge in [0.1, 0.15) is 11.8 Å². The number of nitrogens with zero attached hydrogens (tertiary/aromatic N) is 2. The van der Waals surface area contributed by atoms with E-state index in [1.54, 1.807) is 54.8 Å². The quantitative estimate of drug-likeness (QED) is 0.597. The van der Waals surface area contributed by atoms with Crippen LogP contribution in [0.25, 0.3) is 0 Å². The molecule has 2 aromatic heterocycles. The van der Waals surface area contributed by atoms with E-state index in [1.807, 2.05) is 0 Å². The van der Waals surface area contributed by atoms with Crippen molar-refractivity contribution < 1.29 is 22.0 Å². The highest BCUT2D eigenvalue weighted by Crippen LogP contribution is 2.34. The van der Waals surface area contributed by atoms with Crippen LogP contribution in [0, 0.1) is 0 Å². The van der Waals surface area contributed by atoms with Gasteiger partial charge in [0.15, 0.2) is 10.4 Å². The first-order valence-corrected chi connectivity index (χ1v) is 11.3. The summed E-state index contributed by atoms with van der Waals surface area (Å²) in [5.74, 6) is 0.381. The highest BCUT2D eigenvalue weighted by molar-refractivity contribution is 9.10. The topological polar surface area (TPSA) is 105 Å². The molecule has 0 fully saturated rings. The van der Waals surface area contributed by atoms with Gasteiger partial charge in [-0.2, -0.15) is 5.10 Å². The van der Waals surface area contributed by atoms with Gasteiger partial charge in [0.05, 0.1) is 18.2 Å². The molecule has 1 aliphatic rings. The third-order valence-electron chi connectivity index (χ3n) is 4.30. The van der Waals surface area contributed by atoms with Crippen LogP contribution in [-0.4, -0.2) is 31.3 Å². The number of amides is 1. The standard InChI is InChI=1S/C19H16BrN3O5S/c1-29(25,26)22-13-6-4-12(5-7-13)14-11-15(16-3-2-10-27-16)23(21-14)19(24)17-8-9-18(20)28-17/h2-10,15,22H,11H2,1H3. The maximum Gasteiger partial charge on any atom is 0.310 e. The van der Waals surface area contributed by atoms with Crippen molar-refractivity contribution in [2.75, 3.05) is 11.0 Å².